The number of fused-ring (bicyclic) bond motifs is 3. The number of nitrogens with one attached hydrogen (secondary N) is 1. The largest absolute Gasteiger partial charge is 0.379 e. The lowest BCUT2D eigenvalue weighted by Crippen LogP contribution is -2.53. The lowest BCUT2D eigenvalue weighted by molar-refractivity contribution is 0.0197. The number of hydrogen-bond donors (Lipinski definition) is 1. The fourth-order valence-electron chi connectivity index (χ4n) is 6.42. The van der Waals surface area contributed by atoms with Gasteiger partial charge in [0.1, 0.15) is 10.5 Å². The van der Waals surface area contributed by atoms with Crippen molar-refractivity contribution < 1.29 is 17.9 Å². The van der Waals surface area contributed by atoms with E-state index in [2.05, 4.69) is 15.2 Å². The van der Waals surface area contributed by atoms with Crippen molar-refractivity contribution in [3.8, 4) is 0 Å². The third kappa shape index (κ3) is 5.94. The van der Waals surface area contributed by atoms with Crippen LogP contribution in [0.4, 0.5) is 0 Å². The monoisotopic (exact) mass is 581 g/mol. The second-order valence-corrected chi connectivity index (χ2v) is 13.5. The summed E-state index contributed by atoms with van der Waals surface area (Å²) in [6.07, 6.45) is 6.14. The number of nitrogens with zero attached hydrogens (tertiary/aromatic N) is 4. The molecule has 2 fully saturated rings. The number of carbonyl (C=O) groups is 1. The number of methoxy groups -OCH3 is 1. The predicted octanol–water partition coefficient (Wildman–Crippen LogP) is 3.04. The zero-order valence-corrected chi connectivity index (χ0v) is 24.9. The SMILES string of the molecule is COC(CN1[C@@H]2CC[C@@H]1CC(NC(=O)c1cc3ccccc3n(C(C)C)c1=O)C2)CN(C)S(=O)(=O)c1cccnc1. The number of piperidine rings is 1. The molecule has 2 aromatic heterocycles. The molecule has 2 aliphatic heterocycles. The molecule has 10 nitrogen and oxygen atoms in total. The molecule has 2 bridgehead atoms. The maximum Gasteiger partial charge on any atom is 0.264 e. The third-order valence-corrected chi connectivity index (χ3v) is 10.3. The van der Waals surface area contributed by atoms with Gasteiger partial charge in [0.2, 0.25) is 10.0 Å². The minimum atomic E-state index is -3.67. The van der Waals surface area contributed by atoms with Crippen LogP contribution in [0.5, 0.6) is 0 Å². The van der Waals surface area contributed by atoms with Gasteiger partial charge in [0, 0.05) is 63.8 Å². The molecule has 3 atom stereocenters. The van der Waals surface area contributed by atoms with Gasteiger partial charge in [-0.25, -0.2) is 8.42 Å². The molecule has 1 unspecified atom stereocenters. The highest BCUT2D eigenvalue weighted by atomic mass is 32.2. The van der Waals surface area contributed by atoms with Gasteiger partial charge >= 0.3 is 0 Å². The van der Waals surface area contributed by atoms with Crippen LogP contribution >= 0.6 is 0 Å². The minimum absolute atomic E-state index is 0.0377. The van der Waals surface area contributed by atoms with E-state index in [9.17, 15) is 18.0 Å². The molecule has 0 radical (unpaired) electrons. The van der Waals surface area contributed by atoms with Gasteiger partial charge in [-0.2, -0.15) is 4.31 Å². The highest BCUT2D eigenvalue weighted by Crippen LogP contribution is 2.36. The number of rotatable bonds is 10. The zero-order chi connectivity index (χ0) is 29.3. The fourth-order valence-corrected chi connectivity index (χ4v) is 7.59. The summed E-state index contributed by atoms with van der Waals surface area (Å²) in [6, 6.07) is 12.9. The molecule has 4 heterocycles. The second kappa shape index (κ2) is 12.0. The molecule has 11 heteroatoms. The van der Waals surface area contributed by atoms with Gasteiger partial charge in [-0.05, 0) is 69.2 Å². The number of hydrogen-bond acceptors (Lipinski definition) is 7. The molecule has 3 aromatic rings. The Morgan fingerprint density at radius 1 is 1.15 bits per heavy atom. The van der Waals surface area contributed by atoms with Crippen LogP contribution in [0.2, 0.25) is 0 Å². The summed E-state index contributed by atoms with van der Waals surface area (Å²) in [7, 11) is -0.504. The third-order valence-electron chi connectivity index (χ3n) is 8.48. The van der Waals surface area contributed by atoms with E-state index >= 15 is 0 Å². The van der Waals surface area contributed by atoms with Crippen LogP contribution in [-0.2, 0) is 14.8 Å². The van der Waals surface area contributed by atoms with Gasteiger partial charge in [0.25, 0.3) is 11.5 Å². The van der Waals surface area contributed by atoms with Crippen LogP contribution < -0.4 is 10.9 Å². The molecule has 2 saturated heterocycles. The summed E-state index contributed by atoms with van der Waals surface area (Å²) in [5.74, 6) is -0.329. The lowest BCUT2D eigenvalue weighted by atomic mass is 9.96. The van der Waals surface area contributed by atoms with E-state index in [0.29, 0.717) is 6.54 Å². The summed E-state index contributed by atoms with van der Waals surface area (Å²) in [4.78, 5) is 33.2. The van der Waals surface area contributed by atoms with Crippen molar-refractivity contribution in [2.24, 2.45) is 0 Å². The number of aromatic nitrogens is 2. The van der Waals surface area contributed by atoms with Crippen LogP contribution in [0.3, 0.4) is 0 Å². The molecular formula is C30H39N5O5S. The van der Waals surface area contributed by atoms with Gasteiger partial charge in [-0.15, -0.1) is 0 Å². The van der Waals surface area contributed by atoms with Crippen LogP contribution in [0.25, 0.3) is 10.9 Å². The van der Waals surface area contributed by atoms with E-state index in [1.165, 1.54) is 16.6 Å². The average Bonchev–Trinajstić information content (AvgIpc) is 3.18. The first-order chi connectivity index (χ1) is 19.6. The Balaban J connectivity index is 1.25. The van der Waals surface area contributed by atoms with E-state index in [0.717, 1.165) is 36.6 Å². The first-order valence-corrected chi connectivity index (χ1v) is 15.6. The van der Waals surface area contributed by atoms with Crippen LogP contribution in [0.15, 0.2) is 64.5 Å². The van der Waals surface area contributed by atoms with Crippen molar-refractivity contribution >= 4 is 26.8 Å². The van der Waals surface area contributed by atoms with E-state index in [-0.39, 0.29) is 58.7 Å². The van der Waals surface area contributed by atoms with E-state index < -0.39 is 10.0 Å². The molecular weight excluding hydrogens is 542 g/mol. The molecule has 0 spiro atoms. The van der Waals surface area contributed by atoms with Crippen molar-refractivity contribution in [2.45, 2.75) is 74.7 Å². The van der Waals surface area contributed by atoms with Crippen molar-refractivity contribution in [1.29, 1.82) is 0 Å². The Kier molecular flexibility index (Phi) is 8.60. The molecule has 1 aromatic carbocycles. The lowest BCUT2D eigenvalue weighted by Gasteiger charge is -2.41. The summed E-state index contributed by atoms with van der Waals surface area (Å²) in [6.45, 7) is 4.71. The second-order valence-electron chi connectivity index (χ2n) is 11.4. The predicted molar refractivity (Wildman–Crippen MR) is 157 cm³/mol. The maximum absolute atomic E-state index is 13.4. The van der Waals surface area contributed by atoms with E-state index in [1.807, 2.05) is 38.1 Å². The van der Waals surface area contributed by atoms with Gasteiger partial charge in [0.15, 0.2) is 0 Å². The average molecular weight is 582 g/mol. The number of benzene rings is 1. The van der Waals surface area contributed by atoms with Gasteiger partial charge in [0.05, 0.1) is 11.6 Å². The van der Waals surface area contributed by atoms with Gasteiger partial charge in [-0.3, -0.25) is 19.5 Å². The summed E-state index contributed by atoms with van der Waals surface area (Å²) in [5, 5.41) is 4.03. The fraction of sp³-hybridized carbons (Fsp3) is 0.500. The zero-order valence-electron chi connectivity index (χ0n) is 24.1. The molecule has 0 aliphatic carbocycles. The van der Waals surface area contributed by atoms with E-state index in [4.69, 9.17) is 4.74 Å². The highest BCUT2D eigenvalue weighted by molar-refractivity contribution is 7.89. The van der Waals surface area contributed by atoms with Crippen LogP contribution in [-0.4, -0.2) is 84.6 Å². The molecule has 5 rings (SSSR count). The Morgan fingerprint density at radius 2 is 1.85 bits per heavy atom. The van der Waals surface area contributed by atoms with Crippen LogP contribution in [0, 0.1) is 0 Å². The number of pyridine rings is 2. The molecule has 1 N–H and O–H groups in total. The van der Waals surface area contributed by atoms with Crippen LogP contribution in [0.1, 0.15) is 55.9 Å². The number of likely N-dealkylation sites (N-methyl/N-ethyl adjacent to an activating group) is 1. The molecule has 0 saturated carbocycles. The molecule has 1 amide bonds. The Bertz CT molecular complexity index is 1540. The smallest absolute Gasteiger partial charge is 0.264 e. The summed E-state index contributed by atoms with van der Waals surface area (Å²) < 4.78 is 34.7. The van der Waals surface area contributed by atoms with E-state index in [1.54, 1.807) is 37.1 Å². The van der Waals surface area contributed by atoms with Crippen molar-refractivity contribution in [3.05, 3.63) is 70.8 Å². The Hall–Kier alpha value is -3.12. The number of sulfonamides is 1. The summed E-state index contributed by atoms with van der Waals surface area (Å²) >= 11 is 0. The number of ether oxygens (including phenoxy) is 1. The minimum Gasteiger partial charge on any atom is -0.379 e. The first kappa shape index (κ1) is 29.4. The quantitative estimate of drug-likeness (QED) is 0.392. The van der Waals surface area contributed by atoms with Gasteiger partial charge in [-0.1, -0.05) is 18.2 Å². The number of para-hydroxylation sites is 1. The molecule has 2 aliphatic rings. The topological polar surface area (TPSA) is 114 Å². The Labute approximate surface area is 241 Å². The summed E-state index contributed by atoms with van der Waals surface area (Å²) in [5.41, 5.74) is 0.719. The number of amides is 1. The van der Waals surface area contributed by atoms with Crippen molar-refractivity contribution in [2.75, 3.05) is 27.2 Å². The maximum atomic E-state index is 13.4. The highest BCUT2D eigenvalue weighted by Gasteiger charge is 2.42. The molecule has 41 heavy (non-hydrogen) atoms. The normalized spacial score (nSPS) is 22.0. The Morgan fingerprint density at radius 3 is 2.49 bits per heavy atom. The first-order valence-electron chi connectivity index (χ1n) is 14.2. The standard InChI is InChI=1S/C30H39N5O5S/c1-20(2)35-28-10-6-5-8-21(28)14-27(30(35)37)29(36)32-22-15-23-11-12-24(16-22)34(23)19-25(40-4)18-33(3)41(38,39)26-9-7-13-31-17-26/h5-10,13-14,17,20,22-25H,11-12,15-16,18-19H2,1-4H3,(H,32,36)/t23-,24-,25?/m1/s1. The van der Waals surface area contributed by atoms with Gasteiger partial charge < -0.3 is 14.6 Å². The molecule has 220 valence electrons. The number of carbonyl (C=O) groups excluding carboxylic acids is 1. The van der Waals surface area contributed by atoms with Crippen molar-refractivity contribution in [1.82, 2.24) is 24.1 Å². The van der Waals surface area contributed by atoms with Crippen molar-refractivity contribution in [3.63, 3.8) is 0 Å².